The zero-order valence-corrected chi connectivity index (χ0v) is 7.89. The average Bonchev–Trinajstić information content (AvgIpc) is 1.96. The summed E-state index contributed by atoms with van der Waals surface area (Å²) in [5, 5.41) is -0.278. The quantitative estimate of drug-likeness (QED) is 0.370. The van der Waals surface area contributed by atoms with Crippen LogP contribution in [0.1, 0.15) is 6.92 Å². The Bertz CT molecular complexity index is 211. The van der Waals surface area contributed by atoms with Crippen LogP contribution in [0.2, 0.25) is 0 Å². The predicted octanol–water partition coefficient (Wildman–Crippen LogP) is 1.12. The molecule has 1 aliphatic rings. The van der Waals surface area contributed by atoms with E-state index in [1.54, 1.807) is 19.1 Å². The number of halogens is 1. The molecule has 0 amide bonds. The van der Waals surface area contributed by atoms with Crippen LogP contribution in [0.4, 0.5) is 0 Å². The van der Waals surface area contributed by atoms with Crippen molar-refractivity contribution in [2.24, 2.45) is 0 Å². The third-order valence-corrected chi connectivity index (χ3v) is 5.89. The van der Waals surface area contributed by atoms with Crippen LogP contribution in [0, 0.1) is 0 Å². The van der Waals surface area contributed by atoms with Gasteiger partial charge in [0, 0.05) is 0 Å². The van der Waals surface area contributed by atoms with Gasteiger partial charge < -0.3 is 0 Å². The molecule has 0 N–H and O–H groups in total. The first kappa shape index (κ1) is 7.53. The van der Waals surface area contributed by atoms with Gasteiger partial charge in [-0.25, -0.2) is 8.42 Å². The van der Waals surface area contributed by atoms with Gasteiger partial charge in [-0.2, -0.15) is 0 Å². The molecular weight excluding hydrogens is 251 g/mol. The van der Waals surface area contributed by atoms with Crippen molar-refractivity contribution in [3.05, 3.63) is 12.2 Å². The van der Waals surface area contributed by atoms with Crippen molar-refractivity contribution in [2.75, 3.05) is 0 Å². The van der Waals surface area contributed by atoms with Crippen LogP contribution >= 0.6 is 22.6 Å². The summed E-state index contributed by atoms with van der Waals surface area (Å²) in [5.41, 5.74) is 0. The maximum atomic E-state index is 11.0. The van der Waals surface area contributed by atoms with Crippen molar-refractivity contribution in [2.45, 2.75) is 15.4 Å². The highest BCUT2D eigenvalue weighted by Crippen LogP contribution is 2.24. The van der Waals surface area contributed by atoms with E-state index in [0.717, 1.165) is 0 Å². The minimum absolute atomic E-state index is 0.278. The number of hydrogen-bond donors (Lipinski definition) is 0. The SMILES string of the molecule is CC1C=CC(I)S1(=O)=O. The highest BCUT2D eigenvalue weighted by molar-refractivity contribution is 14.1. The van der Waals surface area contributed by atoms with Gasteiger partial charge in [-0.1, -0.05) is 34.7 Å². The number of sulfone groups is 1. The van der Waals surface area contributed by atoms with E-state index in [2.05, 4.69) is 0 Å². The highest BCUT2D eigenvalue weighted by Gasteiger charge is 2.30. The zero-order valence-electron chi connectivity index (χ0n) is 4.91. The van der Waals surface area contributed by atoms with Crippen molar-refractivity contribution in [1.29, 1.82) is 0 Å². The summed E-state index contributed by atoms with van der Waals surface area (Å²) in [6.07, 6.45) is 3.45. The number of alkyl halides is 1. The Morgan fingerprint density at radius 3 is 2.11 bits per heavy atom. The van der Waals surface area contributed by atoms with Gasteiger partial charge in [0.2, 0.25) is 0 Å². The molecule has 0 aromatic carbocycles. The van der Waals surface area contributed by atoms with Crippen LogP contribution in [-0.4, -0.2) is 16.9 Å². The van der Waals surface area contributed by atoms with Gasteiger partial charge in [0.05, 0.1) is 5.25 Å². The largest absolute Gasteiger partial charge is 0.227 e. The van der Waals surface area contributed by atoms with Crippen LogP contribution in [0.5, 0.6) is 0 Å². The third kappa shape index (κ3) is 1.14. The molecule has 2 atom stereocenters. The zero-order chi connectivity index (χ0) is 7.07. The van der Waals surface area contributed by atoms with E-state index in [9.17, 15) is 8.42 Å². The summed E-state index contributed by atoms with van der Waals surface area (Å²) in [4.78, 5) is 0. The van der Waals surface area contributed by atoms with Crippen LogP contribution in [0.15, 0.2) is 12.2 Å². The lowest BCUT2D eigenvalue weighted by atomic mass is 10.4. The average molecular weight is 258 g/mol. The minimum atomic E-state index is -2.83. The van der Waals surface area contributed by atoms with Gasteiger partial charge in [-0.05, 0) is 6.92 Å². The molecule has 0 saturated carbocycles. The molecule has 0 radical (unpaired) electrons. The molecule has 4 heteroatoms. The molecular formula is C5H7IO2S. The van der Waals surface area contributed by atoms with Crippen LogP contribution in [0.25, 0.3) is 0 Å². The Labute approximate surface area is 68.4 Å². The maximum absolute atomic E-state index is 11.0. The second-order valence-corrected chi connectivity index (χ2v) is 6.65. The second kappa shape index (κ2) is 2.23. The maximum Gasteiger partial charge on any atom is 0.172 e. The molecule has 0 saturated heterocycles. The van der Waals surface area contributed by atoms with Crippen molar-refractivity contribution in [3.63, 3.8) is 0 Å². The molecule has 2 unspecified atom stereocenters. The molecule has 52 valence electrons. The molecule has 0 aliphatic carbocycles. The molecule has 1 rings (SSSR count). The topological polar surface area (TPSA) is 34.1 Å². The Balaban J connectivity index is 3.04. The van der Waals surface area contributed by atoms with Gasteiger partial charge in [0.15, 0.2) is 9.84 Å². The number of rotatable bonds is 0. The second-order valence-electron chi connectivity index (χ2n) is 2.03. The monoisotopic (exact) mass is 258 g/mol. The van der Waals surface area contributed by atoms with Gasteiger partial charge in [0.25, 0.3) is 0 Å². The van der Waals surface area contributed by atoms with Gasteiger partial charge in [0.1, 0.15) is 3.26 Å². The van der Waals surface area contributed by atoms with Crippen molar-refractivity contribution in [1.82, 2.24) is 0 Å². The Morgan fingerprint density at radius 1 is 1.44 bits per heavy atom. The van der Waals surface area contributed by atoms with Crippen LogP contribution in [0.3, 0.4) is 0 Å². The summed E-state index contributed by atoms with van der Waals surface area (Å²) >= 11 is 1.92. The minimum Gasteiger partial charge on any atom is -0.227 e. The fraction of sp³-hybridized carbons (Fsp3) is 0.600. The van der Waals surface area contributed by atoms with Gasteiger partial charge >= 0.3 is 0 Å². The summed E-state index contributed by atoms with van der Waals surface area (Å²) in [5.74, 6) is 0. The molecule has 9 heavy (non-hydrogen) atoms. The lowest BCUT2D eigenvalue weighted by Gasteiger charge is -2.01. The fourth-order valence-corrected chi connectivity index (χ4v) is 3.33. The fourth-order valence-electron chi connectivity index (χ4n) is 0.668. The van der Waals surface area contributed by atoms with E-state index < -0.39 is 9.84 Å². The van der Waals surface area contributed by atoms with Gasteiger partial charge in [-0.15, -0.1) is 0 Å². The Hall–Kier alpha value is 0.420. The molecule has 0 bridgehead atoms. The molecule has 0 aromatic heterocycles. The van der Waals surface area contributed by atoms with E-state index in [0.29, 0.717) is 0 Å². The Morgan fingerprint density at radius 2 is 2.00 bits per heavy atom. The summed E-state index contributed by atoms with van der Waals surface area (Å²) in [7, 11) is -2.83. The lowest BCUT2D eigenvalue weighted by molar-refractivity contribution is 0.595. The molecule has 0 fully saturated rings. The van der Waals surface area contributed by atoms with E-state index in [4.69, 9.17) is 0 Å². The van der Waals surface area contributed by atoms with E-state index in [1.807, 2.05) is 22.6 Å². The summed E-state index contributed by atoms with van der Waals surface area (Å²) in [6, 6.07) is 0. The van der Waals surface area contributed by atoms with E-state index >= 15 is 0 Å². The van der Waals surface area contributed by atoms with E-state index in [1.165, 1.54) is 0 Å². The molecule has 1 aliphatic heterocycles. The van der Waals surface area contributed by atoms with E-state index in [-0.39, 0.29) is 8.51 Å². The summed E-state index contributed by atoms with van der Waals surface area (Å²) in [6.45, 7) is 1.70. The predicted molar refractivity (Wildman–Crippen MR) is 45.3 cm³/mol. The molecule has 0 spiro atoms. The first-order chi connectivity index (χ1) is 4.05. The number of hydrogen-bond acceptors (Lipinski definition) is 2. The molecule has 2 nitrogen and oxygen atoms in total. The molecule has 1 heterocycles. The smallest absolute Gasteiger partial charge is 0.172 e. The first-order valence-corrected chi connectivity index (χ1v) is 5.46. The van der Waals surface area contributed by atoms with Gasteiger partial charge in [-0.3, -0.25) is 0 Å². The standard InChI is InChI=1S/C5H7IO2S/c1-4-2-3-5(6)9(4,7)8/h2-5H,1H3. The van der Waals surface area contributed by atoms with Crippen molar-refractivity contribution < 1.29 is 8.42 Å². The third-order valence-electron chi connectivity index (χ3n) is 1.37. The van der Waals surface area contributed by atoms with Crippen molar-refractivity contribution >= 4 is 32.4 Å². The van der Waals surface area contributed by atoms with Crippen LogP contribution in [-0.2, 0) is 9.84 Å². The molecule has 0 aromatic rings. The Kier molecular flexibility index (Phi) is 1.86. The lowest BCUT2D eigenvalue weighted by Crippen LogP contribution is -2.16. The summed E-state index contributed by atoms with van der Waals surface area (Å²) < 4.78 is 21.7. The normalized spacial score (nSPS) is 39.3. The first-order valence-electron chi connectivity index (χ1n) is 2.60. The highest BCUT2D eigenvalue weighted by atomic mass is 127. The van der Waals surface area contributed by atoms with Crippen LogP contribution < -0.4 is 0 Å². The van der Waals surface area contributed by atoms with Crippen molar-refractivity contribution in [3.8, 4) is 0 Å².